The van der Waals surface area contributed by atoms with Crippen molar-refractivity contribution < 1.29 is 24.1 Å². The number of aliphatic hydroxyl groups is 1. The smallest absolute Gasteiger partial charge is 0.198 e. The Labute approximate surface area is 148 Å². The van der Waals surface area contributed by atoms with E-state index in [1.165, 1.54) is 19.3 Å². The number of rotatable bonds is 8. The van der Waals surface area contributed by atoms with E-state index < -0.39 is 5.79 Å². The third kappa shape index (κ3) is 4.59. The topological polar surface area (TPSA) is 65.0 Å². The summed E-state index contributed by atoms with van der Waals surface area (Å²) in [5.41, 5.74) is 1.04. The molecule has 1 aliphatic carbocycles. The number of hydrogen-bond acceptors (Lipinski definition) is 5. The van der Waals surface area contributed by atoms with Crippen molar-refractivity contribution in [2.45, 2.75) is 26.1 Å². The second-order valence-electron chi connectivity index (χ2n) is 5.49. The van der Waals surface area contributed by atoms with E-state index in [4.69, 9.17) is 14.2 Å². The van der Waals surface area contributed by atoms with Gasteiger partial charge in [0.1, 0.15) is 17.1 Å². The zero-order valence-corrected chi connectivity index (χ0v) is 14.8. The molecule has 5 heteroatoms. The van der Waals surface area contributed by atoms with Gasteiger partial charge in [-0.1, -0.05) is 36.4 Å². The van der Waals surface area contributed by atoms with Gasteiger partial charge in [0.25, 0.3) is 0 Å². The van der Waals surface area contributed by atoms with Gasteiger partial charge in [-0.3, -0.25) is 4.79 Å². The average molecular weight is 344 g/mol. The number of allylic oxidation sites excluding steroid dienone is 2. The summed E-state index contributed by atoms with van der Waals surface area (Å²) in [6.45, 7) is 4.42. The molecule has 0 amide bonds. The maximum atomic E-state index is 12.6. The molecule has 0 saturated heterocycles. The third-order valence-electron chi connectivity index (χ3n) is 3.82. The second kappa shape index (κ2) is 8.65. The Balaban J connectivity index is 2.32. The average Bonchev–Trinajstić information content (AvgIpc) is 2.61. The first-order valence-corrected chi connectivity index (χ1v) is 8.30. The van der Waals surface area contributed by atoms with E-state index in [0.29, 0.717) is 19.0 Å². The van der Waals surface area contributed by atoms with Crippen LogP contribution in [0.4, 0.5) is 0 Å². The first-order valence-electron chi connectivity index (χ1n) is 8.30. The fourth-order valence-electron chi connectivity index (χ4n) is 2.69. The van der Waals surface area contributed by atoms with Gasteiger partial charge in [0, 0.05) is 19.8 Å². The highest BCUT2D eigenvalue weighted by atomic mass is 16.7. The molecule has 0 saturated carbocycles. The van der Waals surface area contributed by atoms with Crippen molar-refractivity contribution in [3.8, 4) is 0 Å². The Hall–Kier alpha value is -2.37. The summed E-state index contributed by atoms with van der Waals surface area (Å²) in [5, 5.41) is 10.4. The number of carbonyl (C=O) groups excluding carboxylic acids is 1. The zero-order valence-electron chi connectivity index (χ0n) is 14.8. The van der Waals surface area contributed by atoms with Gasteiger partial charge >= 0.3 is 0 Å². The summed E-state index contributed by atoms with van der Waals surface area (Å²) >= 11 is 0. The minimum absolute atomic E-state index is 0.140. The van der Waals surface area contributed by atoms with Crippen LogP contribution in [0.5, 0.6) is 0 Å². The lowest BCUT2D eigenvalue weighted by molar-refractivity contribution is -0.191. The highest BCUT2D eigenvalue weighted by Crippen LogP contribution is 2.35. The van der Waals surface area contributed by atoms with E-state index >= 15 is 0 Å². The molecule has 0 bridgehead atoms. The maximum Gasteiger partial charge on any atom is 0.198 e. The fraction of sp³-hybridized carbons (Fsp3) is 0.350. The normalized spacial score (nSPS) is 20.7. The zero-order chi connectivity index (χ0) is 18.3. The van der Waals surface area contributed by atoms with Crippen molar-refractivity contribution >= 4 is 11.9 Å². The number of ether oxygens (including phenoxy) is 3. The van der Waals surface area contributed by atoms with Gasteiger partial charge in [-0.2, -0.15) is 0 Å². The number of benzene rings is 1. The van der Waals surface area contributed by atoms with Crippen molar-refractivity contribution in [3.05, 3.63) is 65.1 Å². The van der Waals surface area contributed by atoms with Crippen molar-refractivity contribution in [1.82, 2.24) is 0 Å². The molecule has 134 valence electrons. The van der Waals surface area contributed by atoms with Crippen LogP contribution in [0.3, 0.4) is 0 Å². The number of methoxy groups -OCH3 is 1. The van der Waals surface area contributed by atoms with Crippen LogP contribution in [0.25, 0.3) is 6.08 Å². The van der Waals surface area contributed by atoms with E-state index in [9.17, 15) is 9.90 Å². The van der Waals surface area contributed by atoms with E-state index in [-0.39, 0.29) is 23.5 Å². The Kier molecular flexibility index (Phi) is 6.56. The molecule has 5 nitrogen and oxygen atoms in total. The van der Waals surface area contributed by atoms with Crippen LogP contribution >= 0.6 is 0 Å². The molecular weight excluding hydrogens is 320 g/mol. The molecule has 1 aromatic rings. The lowest BCUT2D eigenvalue weighted by Gasteiger charge is -2.33. The van der Waals surface area contributed by atoms with Crippen LogP contribution in [0, 0.1) is 0 Å². The highest BCUT2D eigenvalue weighted by molar-refractivity contribution is 6.09. The predicted molar refractivity (Wildman–Crippen MR) is 95.8 cm³/mol. The first kappa shape index (κ1) is 19.0. The third-order valence-corrected chi connectivity index (χ3v) is 3.82. The van der Waals surface area contributed by atoms with Crippen molar-refractivity contribution in [2.24, 2.45) is 0 Å². The summed E-state index contributed by atoms with van der Waals surface area (Å²) in [7, 11) is 1.49. The van der Waals surface area contributed by atoms with E-state index in [0.717, 1.165) is 5.56 Å². The number of hydrogen-bond donors (Lipinski definition) is 1. The molecule has 0 heterocycles. The summed E-state index contributed by atoms with van der Waals surface area (Å²) in [6, 6.07) is 9.47. The van der Waals surface area contributed by atoms with Gasteiger partial charge in [-0.15, -0.1) is 0 Å². The van der Waals surface area contributed by atoms with Crippen LogP contribution in [-0.2, 0) is 19.0 Å². The van der Waals surface area contributed by atoms with Crippen molar-refractivity contribution in [1.29, 1.82) is 0 Å². The molecule has 0 aliphatic heterocycles. The Morgan fingerprint density at radius 1 is 1.24 bits per heavy atom. The summed E-state index contributed by atoms with van der Waals surface area (Å²) in [4.78, 5) is 12.6. The fourth-order valence-corrected chi connectivity index (χ4v) is 2.69. The molecule has 25 heavy (non-hydrogen) atoms. The monoisotopic (exact) mass is 344 g/mol. The van der Waals surface area contributed by atoms with Gasteiger partial charge in [0.2, 0.25) is 0 Å². The summed E-state index contributed by atoms with van der Waals surface area (Å²) < 4.78 is 16.6. The molecule has 0 radical (unpaired) electrons. The minimum Gasteiger partial charge on any atom is -0.507 e. The highest BCUT2D eigenvalue weighted by Gasteiger charge is 2.38. The Morgan fingerprint density at radius 2 is 1.96 bits per heavy atom. The summed E-state index contributed by atoms with van der Waals surface area (Å²) in [6.07, 6.45) is 4.76. The Morgan fingerprint density at radius 3 is 2.56 bits per heavy atom. The van der Waals surface area contributed by atoms with Gasteiger partial charge < -0.3 is 19.3 Å². The Bertz CT molecular complexity index is 687. The van der Waals surface area contributed by atoms with Gasteiger partial charge in [-0.05, 0) is 25.5 Å². The lowest BCUT2D eigenvalue weighted by atomic mass is 9.94. The minimum atomic E-state index is -1.13. The summed E-state index contributed by atoms with van der Waals surface area (Å²) in [5.74, 6) is -1.30. The van der Waals surface area contributed by atoms with E-state index in [2.05, 4.69) is 0 Å². The SMILES string of the molecule is CCOC1=C(C(=O)C=Cc2ccccc2)C(O)=CC(OC)(OCC)C1. The number of ketones is 1. The van der Waals surface area contributed by atoms with Gasteiger partial charge in [0.15, 0.2) is 11.6 Å². The van der Waals surface area contributed by atoms with Crippen LogP contribution in [0.15, 0.2) is 59.6 Å². The predicted octanol–water partition coefficient (Wildman–Crippen LogP) is 3.78. The second-order valence-corrected chi connectivity index (χ2v) is 5.49. The molecule has 0 aromatic heterocycles. The maximum absolute atomic E-state index is 12.6. The molecule has 0 spiro atoms. The van der Waals surface area contributed by atoms with Crippen LogP contribution in [0.1, 0.15) is 25.8 Å². The quantitative estimate of drug-likeness (QED) is 0.574. The van der Waals surface area contributed by atoms with Gasteiger partial charge in [0.05, 0.1) is 13.0 Å². The molecule has 0 fully saturated rings. The lowest BCUT2D eigenvalue weighted by Crippen LogP contribution is -2.37. The molecule has 1 unspecified atom stereocenters. The van der Waals surface area contributed by atoms with Crippen LogP contribution in [-0.4, -0.2) is 37.0 Å². The van der Waals surface area contributed by atoms with Crippen molar-refractivity contribution in [2.75, 3.05) is 20.3 Å². The van der Waals surface area contributed by atoms with Gasteiger partial charge in [-0.25, -0.2) is 0 Å². The van der Waals surface area contributed by atoms with Crippen LogP contribution < -0.4 is 0 Å². The number of carbonyl (C=O) groups is 1. The van der Waals surface area contributed by atoms with Crippen molar-refractivity contribution in [3.63, 3.8) is 0 Å². The molecule has 1 atom stereocenters. The largest absolute Gasteiger partial charge is 0.507 e. The molecule has 1 aliphatic rings. The van der Waals surface area contributed by atoms with Crippen LogP contribution in [0.2, 0.25) is 0 Å². The first-order chi connectivity index (χ1) is 12.0. The molecular formula is C20H24O5. The standard InChI is InChI=1S/C20H24O5/c1-4-24-18-14-20(23-3,25-5-2)13-17(22)19(18)16(21)12-11-15-9-7-6-8-10-15/h6-13,22H,4-5,14H2,1-3H3. The van der Waals surface area contributed by atoms with E-state index in [1.807, 2.05) is 44.2 Å². The molecule has 1 N–H and O–H groups in total. The van der Waals surface area contributed by atoms with E-state index in [1.54, 1.807) is 6.08 Å². The number of aliphatic hydroxyl groups excluding tert-OH is 1. The molecule has 1 aromatic carbocycles. The molecule has 2 rings (SSSR count).